The summed E-state index contributed by atoms with van der Waals surface area (Å²) in [6.45, 7) is 6.75. The van der Waals surface area contributed by atoms with Crippen LogP contribution >= 0.6 is 0 Å². The molecule has 0 saturated carbocycles. The van der Waals surface area contributed by atoms with Crippen molar-refractivity contribution in [3.63, 3.8) is 0 Å². The molecule has 1 fully saturated rings. The van der Waals surface area contributed by atoms with E-state index in [1.165, 1.54) is 0 Å². The molecule has 7 nitrogen and oxygen atoms in total. The maximum atomic E-state index is 12.7. The summed E-state index contributed by atoms with van der Waals surface area (Å²) >= 11 is 0. The zero-order chi connectivity index (χ0) is 18.4. The first-order valence-corrected chi connectivity index (χ1v) is 8.64. The van der Waals surface area contributed by atoms with Gasteiger partial charge in [0.1, 0.15) is 11.8 Å². The molecular formula is C18H28N4O3. The molecule has 1 aliphatic rings. The van der Waals surface area contributed by atoms with E-state index in [-0.39, 0.29) is 5.91 Å². The van der Waals surface area contributed by atoms with Gasteiger partial charge in [0.25, 0.3) is 0 Å². The van der Waals surface area contributed by atoms with Gasteiger partial charge in [0, 0.05) is 37.9 Å². The van der Waals surface area contributed by atoms with Gasteiger partial charge in [-0.1, -0.05) is 19.9 Å². The Bertz CT molecular complexity index is 598. The second kappa shape index (κ2) is 8.60. The smallest absolute Gasteiger partial charge is 0.312 e. The van der Waals surface area contributed by atoms with Crippen LogP contribution in [0.25, 0.3) is 0 Å². The van der Waals surface area contributed by atoms with Gasteiger partial charge >= 0.3 is 6.03 Å². The summed E-state index contributed by atoms with van der Waals surface area (Å²) in [5.74, 6) is 1.05. The number of carbonyl (C=O) groups excluding carboxylic acids is 2. The Morgan fingerprint density at radius 2 is 1.92 bits per heavy atom. The zero-order valence-electron chi connectivity index (χ0n) is 15.2. The van der Waals surface area contributed by atoms with Crippen molar-refractivity contribution in [2.45, 2.75) is 26.3 Å². The van der Waals surface area contributed by atoms with Gasteiger partial charge in [-0.05, 0) is 24.5 Å². The van der Waals surface area contributed by atoms with E-state index in [2.05, 4.69) is 10.2 Å². The van der Waals surface area contributed by atoms with E-state index in [9.17, 15) is 9.59 Å². The predicted octanol–water partition coefficient (Wildman–Crippen LogP) is 1.43. The number of urea groups is 1. The second-order valence-corrected chi connectivity index (χ2v) is 6.70. The van der Waals surface area contributed by atoms with Gasteiger partial charge in [-0.25, -0.2) is 4.79 Å². The minimum Gasteiger partial charge on any atom is -0.497 e. The van der Waals surface area contributed by atoms with Gasteiger partial charge in [-0.3, -0.25) is 4.79 Å². The van der Waals surface area contributed by atoms with Crippen LogP contribution in [0.1, 0.15) is 20.3 Å². The lowest BCUT2D eigenvalue weighted by molar-refractivity contribution is -0.133. The molecule has 0 aromatic heterocycles. The minimum absolute atomic E-state index is 0.0576. The molecule has 2 rings (SSSR count). The molecule has 1 aromatic rings. The number of methoxy groups -OCH3 is 1. The predicted molar refractivity (Wildman–Crippen MR) is 97.7 cm³/mol. The molecule has 25 heavy (non-hydrogen) atoms. The number of ether oxygens (including phenoxy) is 1. The summed E-state index contributed by atoms with van der Waals surface area (Å²) in [5.41, 5.74) is 6.30. The van der Waals surface area contributed by atoms with Gasteiger partial charge in [-0.2, -0.15) is 0 Å². The van der Waals surface area contributed by atoms with Crippen LogP contribution in [0.15, 0.2) is 24.3 Å². The van der Waals surface area contributed by atoms with Crippen LogP contribution in [0.2, 0.25) is 0 Å². The zero-order valence-corrected chi connectivity index (χ0v) is 15.2. The summed E-state index contributed by atoms with van der Waals surface area (Å²) in [4.78, 5) is 28.0. The van der Waals surface area contributed by atoms with Crippen molar-refractivity contribution in [2.75, 3.05) is 38.2 Å². The Morgan fingerprint density at radius 3 is 2.48 bits per heavy atom. The number of benzene rings is 1. The molecule has 0 spiro atoms. The minimum atomic E-state index is -0.658. The summed E-state index contributed by atoms with van der Waals surface area (Å²) in [7, 11) is 1.65. The van der Waals surface area contributed by atoms with Crippen molar-refractivity contribution >= 4 is 17.6 Å². The largest absolute Gasteiger partial charge is 0.497 e. The van der Waals surface area contributed by atoms with Crippen LogP contribution in [0, 0.1) is 5.92 Å². The number of hydrogen-bond acceptors (Lipinski definition) is 4. The number of nitrogens with zero attached hydrogens (tertiary/aromatic N) is 2. The maximum Gasteiger partial charge on any atom is 0.312 e. The molecule has 0 bridgehead atoms. The van der Waals surface area contributed by atoms with E-state index in [4.69, 9.17) is 10.5 Å². The Morgan fingerprint density at radius 1 is 1.24 bits per heavy atom. The van der Waals surface area contributed by atoms with Gasteiger partial charge in [0.05, 0.1) is 7.11 Å². The molecule has 138 valence electrons. The molecule has 0 aliphatic carbocycles. The molecule has 3 N–H and O–H groups in total. The Kier molecular flexibility index (Phi) is 6.50. The maximum absolute atomic E-state index is 12.7. The van der Waals surface area contributed by atoms with E-state index in [0.717, 1.165) is 24.5 Å². The third-order valence-electron chi connectivity index (χ3n) is 4.33. The van der Waals surface area contributed by atoms with Crippen LogP contribution in [0.3, 0.4) is 0 Å². The summed E-state index contributed by atoms with van der Waals surface area (Å²) < 4.78 is 5.27. The fraction of sp³-hybridized carbons (Fsp3) is 0.556. The third kappa shape index (κ3) is 5.27. The molecule has 0 unspecified atom stereocenters. The van der Waals surface area contributed by atoms with Crippen molar-refractivity contribution in [3.8, 4) is 5.75 Å². The topological polar surface area (TPSA) is 87.9 Å². The molecule has 1 aliphatic heterocycles. The van der Waals surface area contributed by atoms with Crippen molar-refractivity contribution in [1.29, 1.82) is 0 Å². The number of nitrogens with one attached hydrogen (secondary N) is 1. The van der Waals surface area contributed by atoms with Gasteiger partial charge in [0.15, 0.2) is 0 Å². The van der Waals surface area contributed by atoms with Crippen LogP contribution in [0.4, 0.5) is 10.5 Å². The SMILES string of the molecule is COc1cccc(N2CCN(C(=O)[C@H](CC(C)C)NC(N)=O)CC2)c1. The monoisotopic (exact) mass is 348 g/mol. The number of hydrogen-bond donors (Lipinski definition) is 2. The quantitative estimate of drug-likeness (QED) is 0.814. The number of rotatable bonds is 6. The molecule has 1 aromatic carbocycles. The lowest BCUT2D eigenvalue weighted by atomic mass is 10.0. The van der Waals surface area contributed by atoms with E-state index >= 15 is 0 Å². The second-order valence-electron chi connectivity index (χ2n) is 6.70. The van der Waals surface area contributed by atoms with E-state index in [0.29, 0.717) is 25.4 Å². The highest BCUT2D eigenvalue weighted by atomic mass is 16.5. The van der Waals surface area contributed by atoms with E-state index in [1.54, 1.807) is 12.0 Å². The molecule has 1 atom stereocenters. The van der Waals surface area contributed by atoms with Crippen LogP contribution in [-0.4, -0.2) is 56.2 Å². The van der Waals surface area contributed by atoms with Gasteiger partial charge in [-0.15, -0.1) is 0 Å². The van der Waals surface area contributed by atoms with E-state index in [1.807, 2.05) is 38.1 Å². The Hall–Kier alpha value is -2.44. The standard InChI is InChI=1S/C18H28N4O3/c1-13(2)11-16(20-18(19)24)17(23)22-9-7-21(8-10-22)14-5-4-6-15(12-14)25-3/h4-6,12-13,16H,7-11H2,1-3H3,(H3,19,20,24)/t16-/m0/s1. The summed E-state index contributed by atoms with van der Waals surface area (Å²) in [5, 5.41) is 2.58. The number of primary amides is 1. The highest BCUT2D eigenvalue weighted by molar-refractivity contribution is 5.86. The average molecular weight is 348 g/mol. The highest BCUT2D eigenvalue weighted by Gasteiger charge is 2.28. The normalized spacial score (nSPS) is 15.8. The fourth-order valence-corrected chi connectivity index (χ4v) is 3.08. The number of carbonyl (C=O) groups is 2. The number of amides is 3. The van der Waals surface area contributed by atoms with Crippen molar-refractivity contribution < 1.29 is 14.3 Å². The third-order valence-corrected chi connectivity index (χ3v) is 4.33. The first kappa shape index (κ1) is 18.9. The van der Waals surface area contributed by atoms with Gasteiger partial charge in [0.2, 0.25) is 5.91 Å². The van der Waals surface area contributed by atoms with Crippen molar-refractivity contribution in [1.82, 2.24) is 10.2 Å². The number of nitrogens with two attached hydrogens (primary N) is 1. The molecule has 1 saturated heterocycles. The lowest BCUT2D eigenvalue weighted by Gasteiger charge is -2.37. The molecule has 1 heterocycles. The first-order valence-electron chi connectivity index (χ1n) is 8.64. The Balaban J connectivity index is 1.97. The fourth-order valence-electron chi connectivity index (χ4n) is 3.08. The van der Waals surface area contributed by atoms with Crippen molar-refractivity contribution in [2.24, 2.45) is 11.7 Å². The van der Waals surface area contributed by atoms with Gasteiger partial charge < -0.3 is 25.6 Å². The van der Waals surface area contributed by atoms with Crippen LogP contribution < -0.4 is 20.7 Å². The summed E-state index contributed by atoms with van der Waals surface area (Å²) in [6.07, 6.45) is 0.581. The lowest BCUT2D eigenvalue weighted by Crippen LogP contribution is -2.56. The highest BCUT2D eigenvalue weighted by Crippen LogP contribution is 2.22. The summed E-state index contributed by atoms with van der Waals surface area (Å²) in [6, 6.07) is 6.69. The van der Waals surface area contributed by atoms with Crippen molar-refractivity contribution in [3.05, 3.63) is 24.3 Å². The molecule has 0 radical (unpaired) electrons. The number of anilines is 1. The average Bonchev–Trinajstić information content (AvgIpc) is 2.60. The Labute approximate surface area is 149 Å². The molecule has 3 amide bonds. The van der Waals surface area contributed by atoms with Crippen LogP contribution in [-0.2, 0) is 4.79 Å². The molecular weight excluding hydrogens is 320 g/mol. The number of piperazine rings is 1. The van der Waals surface area contributed by atoms with E-state index < -0.39 is 12.1 Å². The van der Waals surface area contributed by atoms with Crippen LogP contribution in [0.5, 0.6) is 5.75 Å². The first-order chi connectivity index (χ1) is 11.9. The molecule has 7 heteroatoms.